The highest BCUT2D eigenvalue weighted by Gasteiger charge is 2.63. The van der Waals surface area contributed by atoms with Gasteiger partial charge in [-0.15, -0.1) is 0 Å². The number of ether oxygens (including phenoxy) is 1. The van der Waals surface area contributed by atoms with Gasteiger partial charge in [-0.3, -0.25) is 8.98 Å². The van der Waals surface area contributed by atoms with Gasteiger partial charge in [0.2, 0.25) is 10.4 Å². The van der Waals surface area contributed by atoms with Crippen LogP contribution in [0.15, 0.2) is 0 Å². The van der Waals surface area contributed by atoms with Crippen LogP contribution in [-0.4, -0.2) is 65.3 Å². The van der Waals surface area contributed by atoms with Gasteiger partial charge < -0.3 is 24.6 Å². The van der Waals surface area contributed by atoms with Gasteiger partial charge in [-0.25, -0.2) is 8.42 Å². The van der Waals surface area contributed by atoms with Gasteiger partial charge in [-0.2, -0.15) is 0 Å². The number of aliphatic hydroxyl groups is 3. The first-order valence-electron chi connectivity index (χ1n) is 14.9. The molecule has 13 atom stereocenters. The molecule has 4 rings (SSSR count). The molecule has 0 spiro atoms. The average Bonchev–Trinajstić information content (AvgIpc) is 3.14. The number of carbonyl (C=O) groups excluding carboxylic acids is 1. The smallest absolute Gasteiger partial charge is 0.309 e. The minimum atomic E-state index is -5.03. The highest BCUT2D eigenvalue weighted by Crippen LogP contribution is 2.66. The minimum Gasteiger partial charge on any atom is -0.726 e. The normalized spacial score (nSPS) is 43.9. The van der Waals surface area contributed by atoms with Crippen LogP contribution < -0.4 is 0 Å². The molecule has 4 fully saturated rings. The minimum absolute atomic E-state index is 0.0100. The molecule has 0 unspecified atom stereocenters. The number of rotatable bonds is 8. The molecule has 0 amide bonds. The summed E-state index contributed by atoms with van der Waals surface area (Å²) in [4.78, 5) is 13.1. The number of fused-ring (bicyclic) bond motifs is 5. The van der Waals surface area contributed by atoms with Crippen LogP contribution >= 0.6 is 0 Å². The van der Waals surface area contributed by atoms with Crippen molar-refractivity contribution in [3.8, 4) is 0 Å². The zero-order valence-electron chi connectivity index (χ0n) is 24.3. The van der Waals surface area contributed by atoms with Crippen LogP contribution in [0, 0.1) is 58.2 Å². The van der Waals surface area contributed by atoms with Crippen LogP contribution in [-0.2, 0) is 24.1 Å². The Balaban J connectivity index is 1.64. The number of carbonyl (C=O) groups is 1. The lowest BCUT2D eigenvalue weighted by Gasteiger charge is -2.56. The third-order valence-corrected chi connectivity index (χ3v) is 12.4. The van der Waals surface area contributed by atoms with Crippen molar-refractivity contribution in [2.75, 3.05) is 6.61 Å². The van der Waals surface area contributed by atoms with Crippen molar-refractivity contribution in [3.63, 3.8) is 0 Å². The highest BCUT2D eigenvalue weighted by molar-refractivity contribution is 7.80. The lowest BCUT2D eigenvalue weighted by molar-refractivity contribution is -0.162. The fourth-order valence-corrected chi connectivity index (χ4v) is 10.4. The summed E-state index contributed by atoms with van der Waals surface area (Å²) < 4.78 is 46.4. The zero-order chi connectivity index (χ0) is 29.1. The van der Waals surface area contributed by atoms with Crippen LogP contribution in [0.5, 0.6) is 0 Å². The molecule has 0 radical (unpaired) electrons. The van der Waals surface area contributed by atoms with Gasteiger partial charge in [-0.1, -0.05) is 48.0 Å². The largest absolute Gasteiger partial charge is 0.726 e. The summed E-state index contributed by atoms with van der Waals surface area (Å²) in [6.07, 6.45) is 0.483. The lowest BCUT2D eigenvalue weighted by Crippen LogP contribution is -2.55. The number of hydrogen-bond acceptors (Lipinski definition) is 9. The zero-order valence-corrected chi connectivity index (χ0v) is 25.1. The first kappa shape index (κ1) is 31.2. The Morgan fingerprint density at radius 1 is 1.08 bits per heavy atom. The molecule has 3 aliphatic carbocycles. The summed E-state index contributed by atoms with van der Waals surface area (Å²) in [6, 6.07) is 0. The van der Waals surface area contributed by atoms with Gasteiger partial charge in [0.25, 0.3) is 0 Å². The van der Waals surface area contributed by atoms with Gasteiger partial charge in [-0.05, 0) is 90.8 Å². The Morgan fingerprint density at radius 3 is 2.31 bits per heavy atom. The monoisotopic (exact) mass is 573 g/mol. The first-order valence-corrected chi connectivity index (χ1v) is 16.2. The molecule has 0 aromatic heterocycles. The Bertz CT molecular complexity index is 1000. The second-order valence-electron chi connectivity index (χ2n) is 14.0. The predicted molar refractivity (Wildman–Crippen MR) is 143 cm³/mol. The van der Waals surface area contributed by atoms with Crippen molar-refractivity contribution in [1.82, 2.24) is 0 Å². The Labute approximate surface area is 234 Å². The van der Waals surface area contributed by atoms with E-state index in [0.717, 1.165) is 25.7 Å². The predicted octanol–water partition coefficient (Wildman–Crippen LogP) is 3.26. The van der Waals surface area contributed by atoms with Gasteiger partial charge in [0.05, 0.1) is 30.8 Å². The number of esters is 1. The molecular weight excluding hydrogens is 524 g/mol. The molecule has 3 saturated carbocycles. The molecule has 226 valence electrons. The lowest BCUT2D eigenvalue weighted by atomic mass is 9.48. The van der Waals surface area contributed by atoms with Crippen molar-refractivity contribution in [1.29, 1.82) is 0 Å². The molecule has 1 saturated heterocycles. The fraction of sp³-hybridized carbons (Fsp3) is 0.966. The van der Waals surface area contributed by atoms with Gasteiger partial charge in [0.1, 0.15) is 6.10 Å². The third-order valence-electron chi connectivity index (χ3n) is 11.9. The van der Waals surface area contributed by atoms with Crippen LogP contribution in [0.1, 0.15) is 86.5 Å². The van der Waals surface area contributed by atoms with E-state index in [4.69, 9.17) is 8.92 Å². The molecule has 0 aromatic carbocycles. The second kappa shape index (κ2) is 11.1. The molecule has 0 aromatic rings. The maximum absolute atomic E-state index is 13.1. The molecule has 1 heterocycles. The second-order valence-corrected chi connectivity index (χ2v) is 15.0. The number of aliphatic hydroxyl groups excluding tert-OH is 3. The Kier molecular flexibility index (Phi) is 8.90. The van der Waals surface area contributed by atoms with E-state index in [2.05, 4.69) is 13.8 Å². The standard InChI is InChI=1S/C29H50O9S/c1-7-17(15(2)3)25(32)26(38-39(34,35)36)16(4)19-8-9-20-18-14-37-27(33)22-12-23(30)24(31)13-29(22,6)21(18)10-11-28(19,20)5/h15-26,30-32H,7-14H2,1-6H3,(H,34,35,36)/p-1/t16-,17-,18-,19+,20-,21-,22+,23-,24+,25+,26+,28+,29+/m0/s1. The molecule has 1 aliphatic heterocycles. The van der Waals surface area contributed by atoms with E-state index in [1.807, 2.05) is 27.7 Å². The SMILES string of the molecule is CC[C@@H](C(C)C)[C@@H](O)[C@H](OS(=O)(=O)[O-])[C@@H](C)[C@H]1CC[C@H]2[C@@H]3COC(=O)[C@H]4C[C@H](O)[C@H](O)C[C@]4(C)[C@H]3CC[C@]12C. The average molecular weight is 574 g/mol. The van der Waals surface area contributed by atoms with Crippen molar-refractivity contribution < 1.29 is 42.0 Å². The summed E-state index contributed by atoms with van der Waals surface area (Å²) >= 11 is 0. The quantitative estimate of drug-likeness (QED) is 0.225. The molecule has 9 nitrogen and oxygen atoms in total. The molecule has 39 heavy (non-hydrogen) atoms. The molecule has 0 bridgehead atoms. The van der Waals surface area contributed by atoms with E-state index < -0.39 is 46.1 Å². The maximum atomic E-state index is 13.1. The van der Waals surface area contributed by atoms with Crippen LogP contribution in [0.25, 0.3) is 0 Å². The fourth-order valence-electron chi connectivity index (χ4n) is 9.87. The number of cyclic esters (lactones) is 1. The van der Waals surface area contributed by atoms with Gasteiger partial charge >= 0.3 is 5.97 Å². The van der Waals surface area contributed by atoms with Gasteiger partial charge in [0.15, 0.2) is 0 Å². The van der Waals surface area contributed by atoms with Crippen molar-refractivity contribution >= 4 is 16.4 Å². The number of hydrogen-bond donors (Lipinski definition) is 3. The van der Waals surface area contributed by atoms with E-state index in [0.29, 0.717) is 19.4 Å². The van der Waals surface area contributed by atoms with E-state index in [1.165, 1.54) is 0 Å². The van der Waals surface area contributed by atoms with E-state index in [-0.39, 0.29) is 59.2 Å². The van der Waals surface area contributed by atoms with E-state index in [1.54, 1.807) is 0 Å². The molecule has 10 heteroatoms. The summed E-state index contributed by atoms with van der Waals surface area (Å²) in [7, 11) is -5.03. The third kappa shape index (κ3) is 5.55. The van der Waals surface area contributed by atoms with Crippen LogP contribution in [0.4, 0.5) is 0 Å². The van der Waals surface area contributed by atoms with Crippen LogP contribution in [0.3, 0.4) is 0 Å². The first-order chi connectivity index (χ1) is 18.0. The topological polar surface area (TPSA) is 153 Å². The summed E-state index contributed by atoms with van der Waals surface area (Å²) in [5.41, 5.74) is -0.699. The maximum Gasteiger partial charge on any atom is 0.309 e. The van der Waals surface area contributed by atoms with E-state index in [9.17, 15) is 33.1 Å². The Hall–Kier alpha value is -0.780. The highest BCUT2D eigenvalue weighted by atomic mass is 32.3. The van der Waals surface area contributed by atoms with Gasteiger partial charge in [0, 0.05) is 0 Å². The summed E-state index contributed by atoms with van der Waals surface area (Å²) in [6.45, 7) is 12.4. The Morgan fingerprint density at radius 2 is 1.72 bits per heavy atom. The van der Waals surface area contributed by atoms with Crippen molar-refractivity contribution in [2.45, 2.75) is 111 Å². The van der Waals surface area contributed by atoms with Crippen LogP contribution in [0.2, 0.25) is 0 Å². The van der Waals surface area contributed by atoms with Crippen molar-refractivity contribution in [3.05, 3.63) is 0 Å². The molecule has 4 aliphatic rings. The summed E-state index contributed by atoms with van der Waals surface area (Å²) in [5.74, 6) is -0.832. The van der Waals surface area contributed by atoms with E-state index >= 15 is 0 Å². The molecule has 3 N–H and O–H groups in total. The van der Waals surface area contributed by atoms with Crippen molar-refractivity contribution in [2.24, 2.45) is 58.2 Å². The summed E-state index contributed by atoms with van der Waals surface area (Å²) in [5, 5.41) is 32.3. The molecular formula is C29H49O9S-.